The second-order valence-electron chi connectivity index (χ2n) is 7.60. The van der Waals surface area contributed by atoms with Crippen LogP contribution in [0.5, 0.6) is 5.88 Å². The van der Waals surface area contributed by atoms with Crippen LogP contribution in [0.1, 0.15) is 47.3 Å². The summed E-state index contributed by atoms with van der Waals surface area (Å²) in [6.45, 7) is 2.76. The Morgan fingerprint density at radius 1 is 1.27 bits per heavy atom. The average molecular weight is 406 g/mol. The van der Waals surface area contributed by atoms with E-state index < -0.39 is 5.97 Å². The van der Waals surface area contributed by atoms with Crippen molar-refractivity contribution in [3.63, 3.8) is 0 Å². The maximum atomic E-state index is 13.2. The van der Waals surface area contributed by atoms with Crippen molar-refractivity contribution in [2.75, 3.05) is 13.7 Å². The molecular formula is C23H22N2O5. The number of fused-ring (bicyclic) bond motifs is 5. The summed E-state index contributed by atoms with van der Waals surface area (Å²) in [6, 6.07) is 5.88. The monoisotopic (exact) mass is 406 g/mol. The number of ether oxygens (including phenoxy) is 3. The minimum Gasteiger partial charge on any atom is -0.481 e. The summed E-state index contributed by atoms with van der Waals surface area (Å²) in [5.41, 5.74) is 4.49. The molecule has 1 aromatic carbocycles. The van der Waals surface area contributed by atoms with Crippen LogP contribution < -0.4 is 10.2 Å². The third-order valence-corrected chi connectivity index (χ3v) is 5.70. The summed E-state index contributed by atoms with van der Waals surface area (Å²) in [5, 5.41) is 0.514. The Labute approximate surface area is 173 Å². The molecule has 7 heteroatoms. The lowest BCUT2D eigenvalue weighted by Gasteiger charge is -2.18. The Balaban J connectivity index is 1.79. The topological polar surface area (TPSA) is 79.7 Å². The Morgan fingerprint density at radius 3 is 2.83 bits per heavy atom. The maximum absolute atomic E-state index is 13.2. The SMILES string of the molecule is CCOC(=O)c1cn(C2CC2)c2c3c(ccc2c1=O)-c1cnc(OC)cc1COC3. The first-order valence-electron chi connectivity index (χ1n) is 10.1. The number of aromatic nitrogens is 2. The van der Waals surface area contributed by atoms with Gasteiger partial charge >= 0.3 is 5.97 Å². The van der Waals surface area contributed by atoms with E-state index in [1.165, 1.54) is 0 Å². The zero-order chi connectivity index (χ0) is 20.8. The van der Waals surface area contributed by atoms with Gasteiger partial charge in [0, 0.05) is 41.0 Å². The molecule has 0 unspecified atom stereocenters. The number of pyridine rings is 2. The molecular weight excluding hydrogens is 384 g/mol. The second kappa shape index (κ2) is 7.25. The largest absolute Gasteiger partial charge is 0.481 e. The lowest BCUT2D eigenvalue weighted by Crippen LogP contribution is -2.21. The van der Waals surface area contributed by atoms with E-state index in [9.17, 15) is 9.59 Å². The number of esters is 1. The van der Waals surface area contributed by atoms with Crippen LogP contribution >= 0.6 is 0 Å². The molecule has 7 nitrogen and oxygen atoms in total. The van der Waals surface area contributed by atoms with Gasteiger partial charge in [0.1, 0.15) is 5.56 Å². The molecule has 3 aromatic rings. The van der Waals surface area contributed by atoms with Crippen LogP contribution in [0.4, 0.5) is 0 Å². The van der Waals surface area contributed by atoms with Crippen molar-refractivity contribution in [1.29, 1.82) is 0 Å². The molecule has 1 aliphatic heterocycles. The molecule has 2 aromatic heterocycles. The van der Waals surface area contributed by atoms with Crippen molar-refractivity contribution >= 4 is 16.9 Å². The molecule has 1 fully saturated rings. The molecule has 1 aliphatic carbocycles. The molecule has 0 radical (unpaired) electrons. The molecule has 2 aliphatic rings. The predicted molar refractivity (Wildman–Crippen MR) is 111 cm³/mol. The van der Waals surface area contributed by atoms with Gasteiger partial charge in [0.2, 0.25) is 11.3 Å². The van der Waals surface area contributed by atoms with Gasteiger partial charge in [-0.05, 0) is 37.0 Å². The van der Waals surface area contributed by atoms with Crippen molar-refractivity contribution in [2.45, 2.75) is 39.0 Å². The number of carbonyl (C=O) groups excluding carboxylic acids is 1. The minimum atomic E-state index is -0.577. The molecule has 1 saturated carbocycles. The van der Waals surface area contributed by atoms with E-state index in [-0.39, 0.29) is 23.6 Å². The molecule has 0 bridgehead atoms. The standard InChI is InChI=1S/C23H22N2O5/c1-3-30-23(27)18-10-25(14-4-5-14)21-16(22(18)26)7-6-15-17-9-24-20(28-2)8-13(17)11-29-12-19(15)21/h6-10,14H,3-5,11-12H2,1-2H3. The van der Waals surface area contributed by atoms with E-state index in [0.717, 1.165) is 40.6 Å². The van der Waals surface area contributed by atoms with Gasteiger partial charge in [-0.1, -0.05) is 6.07 Å². The Hall–Kier alpha value is -3.19. The summed E-state index contributed by atoms with van der Waals surface area (Å²) in [7, 11) is 1.59. The van der Waals surface area contributed by atoms with Crippen LogP contribution in [0.2, 0.25) is 0 Å². The first-order valence-corrected chi connectivity index (χ1v) is 10.1. The highest BCUT2D eigenvalue weighted by molar-refractivity contribution is 5.96. The highest BCUT2D eigenvalue weighted by Gasteiger charge is 2.30. The van der Waals surface area contributed by atoms with Crippen molar-refractivity contribution in [3.8, 4) is 17.0 Å². The fourth-order valence-corrected chi connectivity index (χ4v) is 4.13. The number of benzene rings is 1. The van der Waals surface area contributed by atoms with Crippen LogP contribution in [0, 0.1) is 0 Å². The molecule has 154 valence electrons. The van der Waals surface area contributed by atoms with Gasteiger partial charge in [-0.2, -0.15) is 0 Å². The molecule has 0 N–H and O–H groups in total. The molecule has 0 saturated heterocycles. The molecule has 0 amide bonds. The van der Waals surface area contributed by atoms with Crippen LogP contribution in [-0.2, 0) is 22.7 Å². The molecule has 30 heavy (non-hydrogen) atoms. The fourth-order valence-electron chi connectivity index (χ4n) is 4.13. The van der Waals surface area contributed by atoms with Gasteiger partial charge in [-0.25, -0.2) is 9.78 Å². The minimum absolute atomic E-state index is 0.0811. The van der Waals surface area contributed by atoms with Crippen LogP contribution in [0.15, 0.2) is 35.4 Å². The summed E-state index contributed by atoms with van der Waals surface area (Å²) < 4.78 is 18.4. The average Bonchev–Trinajstić information content (AvgIpc) is 3.60. The van der Waals surface area contributed by atoms with Gasteiger partial charge in [-0.3, -0.25) is 4.79 Å². The number of nitrogens with zero attached hydrogens (tertiary/aromatic N) is 2. The fraction of sp³-hybridized carbons (Fsp3) is 0.348. The predicted octanol–water partition coefficient (Wildman–Crippen LogP) is 3.61. The second-order valence-corrected chi connectivity index (χ2v) is 7.60. The van der Waals surface area contributed by atoms with Gasteiger partial charge in [0.15, 0.2) is 0 Å². The van der Waals surface area contributed by atoms with E-state index >= 15 is 0 Å². The smallest absolute Gasteiger partial charge is 0.343 e. The third-order valence-electron chi connectivity index (χ3n) is 5.70. The van der Waals surface area contributed by atoms with E-state index in [2.05, 4.69) is 9.55 Å². The summed E-state index contributed by atoms with van der Waals surface area (Å²) in [5.74, 6) is -0.0396. The number of hydrogen-bond acceptors (Lipinski definition) is 6. The Bertz CT molecular complexity index is 1230. The summed E-state index contributed by atoms with van der Waals surface area (Å²) in [4.78, 5) is 29.9. The van der Waals surface area contributed by atoms with Gasteiger partial charge in [0.05, 0.1) is 32.4 Å². The Kier molecular flexibility index (Phi) is 4.55. The van der Waals surface area contributed by atoms with Crippen molar-refractivity contribution in [2.24, 2.45) is 0 Å². The highest BCUT2D eigenvalue weighted by atomic mass is 16.5. The van der Waals surface area contributed by atoms with Crippen LogP contribution in [0.3, 0.4) is 0 Å². The molecule has 3 heterocycles. The summed E-state index contributed by atoms with van der Waals surface area (Å²) in [6.07, 6.45) is 5.49. The lowest BCUT2D eigenvalue weighted by molar-refractivity contribution is 0.0524. The lowest BCUT2D eigenvalue weighted by atomic mass is 9.95. The first-order chi connectivity index (χ1) is 14.6. The number of hydrogen-bond donors (Lipinski definition) is 0. The Morgan fingerprint density at radius 2 is 2.10 bits per heavy atom. The van der Waals surface area contributed by atoms with E-state index in [1.54, 1.807) is 32.5 Å². The normalized spacial score (nSPS) is 15.3. The quantitative estimate of drug-likeness (QED) is 0.616. The van der Waals surface area contributed by atoms with Gasteiger partial charge in [-0.15, -0.1) is 0 Å². The van der Waals surface area contributed by atoms with Crippen LogP contribution in [-0.4, -0.2) is 29.2 Å². The molecule has 5 rings (SSSR count). The first kappa shape index (κ1) is 18.8. The zero-order valence-electron chi connectivity index (χ0n) is 16.9. The van der Waals surface area contributed by atoms with Gasteiger partial charge in [0.25, 0.3) is 0 Å². The van der Waals surface area contributed by atoms with Crippen molar-refractivity contribution < 1.29 is 19.0 Å². The van der Waals surface area contributed by atoms with E-state index in [1.807, 2.05) is 12.1 Å². The molecule has 0 atom stereocenters. The summed E-state index contributed by atoms with van der Waals surface area (Å²) >= 11 is 0. The number of methoxy groups -OCH3 is 1. The van der Waals surface area contributed by atoms with Crippen LogP contribution in [0.25, 0.3) is 22.0 Å². The number of carbonyl (C=O) groups is 1. The maximum Gasteiger partial charge on any atom is 0.343 e. The highest BCUT2D eigenvalue weighted by Crippen LogP contribution is 2.41. The van der Waals surface area contributed by atoms with E-state index in [4.69, 9.17) is 14.2 Å². The van der Waals surface area contributed by atoms with Gasteiger partial charge < -0.3 is 18.8 Å². The molecule has 0 spiro atoms. The zero-order valence-corrected chi connectivity index (χ0v) is 16.9. The van der Waals surface area contributed by atoms with Crippen molar-refractivity contribution in [3.05, 3.63) is 57.5 Å². The third kappa shape index (κ3) is 2.97. The van der Waals surface area contributed by atoms with E-state index in [0.29, 0.717) is 24.5 Å². The van der Waals surface area contributed by atoms with Crippen molar-refractivity contribution in [1.82, 2.24) is 9.55 Å². The number of rotatable bonds is 4.